The van der Waals surface area contributed by atoms with Crippen LogP contribution in [0.4, 0.5) is 8.78 Å². The van der Waals surface area contributed by atoms with Gasteiger partial charge in [-0.3, -0.25) is 4.79 Å². The number of sulfone groups is 1. The average molecular weight is 436 g/mol. The molecule has 25 heavy (non-hydrogen) atoms. The summed E-state index contributed by atoms with van der Waals surface area (Å²) >= 11 is 3.02. The van der Waals surface area contributed by atoms with Gasteiger partial charge in [-0.1, -0.05) is 5.16 Å². The minimum Gasteiger partial charge on any atom is -0.432 e. The molecule has 0 atom stereocenters. The van der Waals surface area contributed by atoms with E-state index in [2.05, 4.69) is 25.8 Å². The number of benzene rings is 1. The molecule has 1 aromatic carbocycles. The van der Waals surface area contributed by atoms with Crippen LogP contribution in [0.2, 0.25) is 0 Å². The summed E-state index contributed by atoms with van der Waals surface area (Å²) in [7, 11) is -3.84. The van der Waals surface area contributed by atoms with Gasteiger partial charge in [0.2, 0.25) is 0 Å². The molecular weight excluding hydrogens is 424 g/mol. The maximum absolute atomic E-state index is 12.8. The van der Waals surface area contributed by atoms with E-state index >= 15 is 0 Å². The molecule has 1 aromatic heterocycles. The zero-order valence-corrected chi connectivity index (χ0v) is 15.2. The number of carbonyl (C=O) groups is 1. The van der Waals surface area contributed by atoms with Gasteiger partial charge in [0.15, 0.2) is 27.1 Å². The van der Waals surface area contributed by atoms with Crippen LogP contribution in [0.1, 0.15) is 40.4 Å². The number of nitrogens with zero attached hydrogens (tertiary/aromatic N) is 1. The van der Waals surface area contributed by atoms with Crippen LogP contribution in [0.15, 0.2) is 32.2 Å². The van der Waals surface area contributed by atoms with Crippen molar-refractivity contribution >= 4 is 31.6 Å². The fourth-order valence-electron chi connectivity index (χ4n) is 2.41. The minimum absolute atomic E-state index is 0.0202. The van der Waals surface area contributed by atoms with Crippen LogP contribution in [0.3, 0.4) is 0 Å². The van der Waals surface area contributed by atoms with E-state index in [1.165, 1.54) is 12.3 Å². The second-order valence-corrected chi connectivity index (χ2v) is 8.39. The lowest BCUT2D eigenvalue weighted by atomic mass is 10.0. The Balaban J connectivity index is 2.10. The first kappa shape index (κ1) is 18.0. The number of aromatic nitrogens is 1. The third-order valence-corrected chi connectivity index (χ3v) is 5.61. The summed E-state index contributed by atoms with van der Waals surface area (Å²) in [5, 5.41) is 3.63. The second-order valence-electron chi connectivity index (χ2n) is 5.61. The minimum atomic E-state index is -3.84. The Morgan fingerprint density at radius 3 is 2.60 bits per heavy atom. The Hall–Kier alpha value is -1.81. The predicted molar refractivity (Wildman–Crippen MR) is 85.8 cm³/mol. The third kappa shape index (κ3) is 3.59. The van der Waals surface area contributed by atoms with Crippen LogP contribution in [0.25, 0.3) is 0 Å². The summed E-state index contributed by atoms with van der Waals surface area (Å²) in [6, 6.07) is 2.31. The van der Waals surface area contributed by atoms with Crippen molar-refractivity contribution in [3.8, 4) is 5.75 Å². The van der Waals surface area contributed by atoms with E-state index in [0.29, 0.717) is 5.76 Å². The van der Waals surface area contributed by atoms with Crippen molar-refractivity contribution in [1.29, 1.82) is 0 Å². The highest BCUT2D eigenvalue weighted by Gasteiger charge is 2.34. The fraction of sp³-hybridized carbons (Fsp3) is 0.333. The monoisotopic (exact) mass is 435 g/mol. The number of hydrogen-bond donors (Lipinski definition) is 0. The van der Waals surface area contributed by atoms with Crippen molar-refractivity contribution in [2.75, 3.05) is 6.26 Å². The van der Waals surface area contributed by atoms with Crippen molar-refractivity contribution in [1.82, 2.24) is 5.16 Å². The van der Waals surface area contributed by atoms with Gasteiger partial charge in [0.05, 0.1) is 16.2 Å². The normalized spacial score (nSPS) is 14.8. The molecule has 134 valence electrons. The van der Waals surface area contributed by atoms with Gasteiger partial charge < -0.3 is 9.26 Å². The van der Waals surface area contributed by atoms with Gasteiger partial charge in [-0.15, -0.1) is 0 Å². The Morgan fingerprint density at radius 2 is 2.04 bits per heavy atom. The van der Waals surface area contributed by atoms with Crippen molar-refractivity contribution in [2.45, 2.75) is 30.3 Å². The first-order chi connectivity index (χ1) is 11.7. The predicted octanol–water partition coefficient (Wildman–Crippen LogP) is 3.55. The second kappa shape index (κ2) is 6.49. The van der Waals surface area contributed by atoms with Gasteiger partial charge in [0.1, 0.15) is 4.90 Å². The number of alkyl halides is 2. The first-order valence-corrected chi connectivity index (χ1v) is 9.85. The maximum Gasteiger partial charge on any atom is 0.387 e. The van der Waals surface area contributed by atoms with Gasteiger partial charge in [0.25, 0.3) is 0 Å². The molecule has 10 heteroatoms. The molecule has 0 unspecified atom stereocenters. The molecule has 0 aliphatic heterocycles. The zero-order chi connectivity index (χ0) is 18.4. The number of carbonyl (C=O) groups excluding carboxylic acids is 1. The van der Waals surface area contributed by atoms with Gasteiger partial charge in [-0.2, -0.15) is 8.78 Å². The standard InChI is InChI=1S/C15H12BrF2NO5S/c1-25(21,22)10-5-4-8(11(16)14(10)23-15(17)18)12(20)9-6-19-24-13(9)7-2-3-7/h4-7,15H,2-3H2,1H3. The molecule has 1 fully saturated rings. The van der Waals surface area contributed by atoms with Gasteiger partial charge in [0, 0.05) is 17.7 Å². The lowest BCUT2D eigenvalue weighted by Crippen LogP contribution is -2.11. The van der Waals surface area contributed by atoms with Crippen LogP contribution in [-0.2, 0) is 9.84 Å². The largest absolute Gasteiger partial charge is 0.432 e. The van der Waals surface area contributed by atoms with E-state index in [4.69, 9.17) is 4.52 Å². The van der Waals surface area contributed by atoms with E-state index in [1.807, 2.05) is 0 Å². The molecule has 6 nitrogen and oxygen atoms in total. The summed E-state index contributed by atoms with van der Waals surface area (Å²) in [6.07, 6.45) is 3.88. The number of ketones is 1. The van der Waals surface area contributed by atoms with Crippen LogP contribution in [-0.4, -0.2) is 32.2 Å². The smallest absolute Gasteiger partial charge is 0.387 e. The molecule has 0 spiro atoms. The lowest BCUT2D eigenvalue weighted by Gasteiger charge is -2.14. The highest BCUT2D eigenvalue weighted by atomic mass is 79.9. The first-order valence-electron chi connectivity index (χ1n) is 7.16. The Bertz CT molecular complexity index is 937. The SMILES string of the molecule is CS(=O)(=O)c1ccc(C(=O)c2cnoc2C2CC2)c(Br)c1OC(F)F. The van der Waals surface area contributed by atoms with Crippen LogP contribution in [0, 0.1) is 0 Å². The van der Waals surface area contributed by atoms with Crippen molar-refractivity contribution in [3.63, 3.8) is 0 Å². The maximum atomic E-state index is 12.8. The average Bonchev–Trinajstić information content (AvgIpc) is 3.24. The van der Waals surface area contributed by atoms with E-state index in [0.717, 1.165) is 25.2 Å². The molecular formula is C15H12BrF2NO5S. The Morgan fingerprint density at radius 1 is 1.36 bits per heavy atom. The third-order valence-electron chi connectivity index (χ3n) is 3.70. The number of ether oxygens (including phenoxy) is 1. The molecule has 1 saturated carbocycles. The molecule has 0 bridgehead atoms. The highest BCUT2D eigenvalue weighted by molar-refractivity contribution is 9.10. The van der Waals surface area contributed by atoms with Crippen molar-refractivity contribution < 1.29 is 31.3 Å². The molecule has 0 radical (unpaired) electrons. The topological polar surface area (TPSA) is 86.5 Å². The number of hydrogen-bond acceptors (Lipinski definition) is 6. The van der Waals surface area contributed by atoms with Crippen molar-refractivity contribution in [3.05, 3.63) is 39.7 Å². The quantitative estimate of drug-likeness (QED) is 0.644. The highest BCUT2D eigenvalue weighted by Crippen LogP contribution is 2.43. The summed E-state index contributed by atoms with van der Waals surface area (Å²) in [6.45, 7) is -3.25. The van der Waals surface area contributed by atoms with E-state index in [-0.39, 0.29) is 21.5 Å². The molecule has 1 aliphatic carbocycles. The van der Waals surface area contributed by atoms with Crippen LogP contribution >= 0.6 is 15.9 Å². The molecule has 1 heterocycles. The van der Waals surface area contributed by atoms with Gasteiger partial charge >= 0.3 is 6.61 Å². The summed E-state index contributed by atoms with van der Waals surface area (Å²) in [5.74, 6) is -0.560. The Kier molecular flexibility index (Phi) is 4.67. The van der Waals surface area contributed by atoms with Gasteiger partial charge in [-0.25, -0.2) is 8.42 Å². The lowest BCUT2D eigenvalue weighted by molar-refractivity contribution is -0.0523. The molecule has 0 amide bonds. The molecule has 0 N–H and O–H groups in total. The van der Waals surface area contributed by atoms with Crippen molar-refractivity contribution in [2.24, 2.45) is 0 Å². The molecule has 1 aliphatic rings. The summed E-state index contributed by atoms with van der Waals surface area (Å²) < 4.78 is 58.3. The molecule has 0 saturated heterocycles. The summed E-state index contributed by atoms with van der Waals surface area (Å²) in [5.41, 5.74) is 0.200. The van der Waals surface area contributed by atoms with E-state index in [1.54, 1.807) is 0 Å². The molecule has 2 aromatic rings. The number of rotatable bonds is 6. The fourth-order valence-corrected chi connectivity index (χ4v) is 3.96. The van der Waals surface area contributed by atoms with Crippen LogP contribution in [0.5, 0.6) is 5.75 Å². The van der Waals surface area contributed by atoms with E-state index in [9.17, 15) is 22.0 Å². The zero-order valence-electron chi connectivity index (χ0n) is 12.8. The molecule has 3 rings (SSSR count). The summed E-state index contributed by atoms with van der Waals surface area (Å²) in [4.78, 5) is 12.3. The van der Waals surface area contributed by atoms with Crippen LogP contribution < -0.4 is 4.74 Å². The van der Waals surface area contributed by atoms with Gasteiger partial charge in [-0.05, 0) is 40.9 Å². The number of halogens is 3. The Labute approximate surface area is 150 Å². The van der Waals surface area contributed by atoms with E-state index < -0.39 is 32.9 Å².